The van der Waals surface area contributed by atoms with Gasteiger partial charge in [-0.05, 0) is 69.3 Å². The number of hydrogen-bond donors (Lipinski definition) is 2. The van der Waals surface area contributed by atoms with Crippen LogP contribution in [0.25, 0.3) is 0 Å². The van der Waals surface area contributed by atoms with Gasteiger partial charge in [-0.25, -0.2) is 0 Å². The molecular weight excluding hydrogens is 264 g/mol. The minimum atomic E-state index is 0.0404. The monoisotopic (exact) mass is 290 g/mol. The molecule has 1 amide bonds. The lowest BCUT2D eigenvalue weighted by Gasteiger charge is -2.40. The molecule has 0 heterocycles. The third-order valence-corrected chi connectivity index (χ3v) is 4.23. The Kier molecular flexibility index (Phi) is 4.88. The number of benzene rings is 1. The summed E-state index contributed by atoms with van der Waals surface area (Å²) in [5, 5.41) is 3.00. The van der Waals surface area contributed by atoms with Gasteiger partial charge in [-0.3, -0.25) is 4.79 Å². The van der Waals surface area contributed by atoms with Crippen LogP contribution in [0, 0.1) is 12.3 Å². The van der Waals surface area contributed by atoms with Gasteiger partial charge in [0.2, 0.25) is 5.91 Å². The van der Waals surface area contributed by atoms with Crippen LogP contribution in [0.15, 0.2) is 18.2 Å². The van der Waals surface area contributed by atoms with Crippen LogP contribution in [0.1, 0.15) is 45.1 Å². The second kappa shape index (κ2) is 6.48. The molecule has 0 aromatic heterocycles. The predicted molar refractivity (Wildman–Crippen MR) is 85.5 cm³/mol. The average molecular weight is 290 g/mol. The lowest BCUT2D eigenvalue weighted by Crippen LogP contribution is -2.40. The summed E-state index contributed by atoms with van der Waals surface area (Å²) < 4.78 is 5.65. The van der Waals surface area contributed by atoms with Crippen molar-refractivity contribution in [1.29, 1.82) is 0 Å². The summed E-state index contributed by atoms with van der Waals surface area (Å²) in [6.07, 6.45) is 3.99. The molecule has 0 aliphatic heterocycles. The molecule has 4 nitrogen and oxygen atoms in total. The Bertz CT molecular complexity index is 502. The van der Waals surface area contributed by atoms with Crippen molar-refractivity contribution in [3.8, 4) is 5.75 Å². The molecule has 0 bridgehead atoms. The van der Waals surface area contributed by atoms with E-state index in [2.05, 4.69) is 5.32 Å². The van der Waals surface area contributed by atoms with Crippen molar-refractivity contribution < 1.29 is 9.53 Å². The highest BCUT2D eigenvalue weighted by Crippen LogP contribution is 2.43. The van der Waals surface area contributed by atoms with E-state index in [0.717, 1.165) is 29.8 Å². The van der Waals surface area contributed by atoms with E-state index in [4.69, 9.17) is 10.5 Å². The number of ether oxygens (including phenoxy) is 1. The molecular formula is C17H26N2O2. The number of amides is 1. The van der Waals surface area contributed by atoms with E-state index in [1.165, 1.54) is 6.42 Å². The molecule has 1 aromatic carbocycles. The second-order valence-electron chi connectivity index (χ2n) is 6.43. The number of anilines is 1. The third-order valence-electron chi connectivity index (χ3n) is 4.23. The van der Waals surface area contributed by atoms with Crippen molar-refractivity contribution in [2.24, 2.45) is 11.1 Å². The smallest absolute Gasteiger partial charge is 0.224 e. The van der Waals surface area contributed by atoms with E-state index >= 15 is 0 Å². The fourth-order valence-corrected chi connectivity index (χ4v) is 2.79. The summed E-state index contributed by atoms with van der Waals surface area (Å²) in [6, 6.07) is 5.75. The molecule has 1 saturated carbocycles. The van der Waals surface area contributed by atoms with Gasteiger partial charge in [0, 0.05) is 12.1 Å². The molecule has 2 rings (SSSR count). The molecule has 1 aromatic rings. The summed E-state index contributed by atoms with van der Waals surface area (Å²) in [7, 11) is 0. The molecule has 0 unspecified atom stereocenters. The normalized spacial score (nSPS) is 16.4. The molecule has 0 atom stereocenters. The van der Waals surface area contributed by atoms with Gasteiger partial charge in [-0.15, -0.1) is 0 Å². The predicted octanol–water partition coefficient (Wildman–Crippen LogP) is 3.24. The number of carbonyl (C=O) groups excluding carboxylic acids is 1. The first-order chi connectivity index (χ1) is 9.94. The zero-order chi connectivity index (χ0) is 15.5. The third kappa shape index (κ3) is 3.97. The summed E-state index contributed by atoms with van der Waals surface area (Å²) in [5.74, 6) is 0.888. The Morgan fingerprint density at radius 2 is 2.14 bits per heavy atom. The zero-order valence-electron chi connectivity index (χ0n) is 13.2. The summed E-state index contributed by atoms with van der Waals surface area (Å²) in [6.45, 7) is 6.57. The maximum atomic E-state index is 12.2. The number of carbonyl (C=O) groups is 1. The maximum Gasteiger partial charge on any atom is 0.224 e. The SMILES string of the molecule is Cc1cc(OC(C)C)ccc1NC(=O)CC1(CN)CCC1. The van der Waals surface area contributed by atoms with Crippen LogP contribution in [0.2, 0.25) is 0 Å². The Hall–Kier alpha value is -1.55. The van der Waals surface area contributed by atoms with Gasteiger partial charge in [0.05, 0.1) is 6.10 Å². The summed E-state index contributed by atoms with van der Waals surface area (Å²) >= 11 is 0. The molecule has 1 aliphatic carbocycles. The Labute approximate surface area is 127 Å². The number of hydrogen-bond acceptors (Lipinski definition) is 3. The van der Waals surface area contributed by atoms with Crippen molar-refractivity contribution in [2.45, 2.75) is 52.6 Å². The Morgan fingerprint density at radius 1 is 1.43 bits per heavy atom. The van der Waals surface area contributed by atoms with Gasteiger partial charge in [0.15, 0.2) is 0 Å². The molecule has 0 radical (unpaired) electrons. The fourth-order valence-electron chi connectivity index (χ4n) is 2.79. The number of aryl methyl sites for hydroxylation is 1. The van der Waals surface area contributed by atoms with E-state index in [9.17, 15) is 4.79 Å². The van der Waals surface area contributed by atoms with Gasteiger partial charge in [0.1, 0.15) is 5.75 Å². The van der Waals surface area contributed by atoms with Crippen LogP contribution in [0.3, 0.4) is 0 Å². The zero-order valence-corrected chi connectivity index (χ0v) is 13.2. The van der Waals surface area contributed by atoms with Crippen molar-refractivity contribution in [2.75, 3.05) is 11.9 Å². The summed E-state index contributed by atoms with van der Waals surface area (Å²) in [5.41, 5.74) is 7.71. The first-order valence-corrected chi connectivity index (χ1v) is 7.71. The highest BCUT2D eigenvalue weighted by atomic mass is 16.5. The maximum absolute atomic E-state index is 12.2. The Balaban J connectivity index is 1.97. The molecule has 0 saturated heterocycles. The topological polar surface area (TPSA) is 64.3 Å². The number of nitrogens with one attached hydrogen (secondary N) is 1. The van der Waals surface area contributed by atoms with Crippen molar-refractivity contribution in [3.63, 3.8) is 0 Å². The second-order valence-corrected chi connectivity index (χ2v) is 6.43. The molecule has 21 heavy (non-hydrogen) atoms. The lowest BCUT2D eigenvalue weighted by atomic mass is 9.66. The lowest BCUT2D eigenvalue weighted by molar-refractivity contribution is -0.119. The molecule has 1 fully saturated rings. The first-order valence-electron chi connectivity index (χ1n) is 7.71. The summed E-state index contributed by atoms with van der Waals surface area (Å²) in [4.78, 5) is 12.2. The van der Waals surface area contributed by atoms with Gasteiger partial charge >= 0.3 is 0 Å². The van der Waals surface area contributed by atoms with Gasteiger partial charge < -0.3 is 15.8 Å². The van der Waals surface area contributed by atoms with Crippen LogP contribution in [-0.4, -0.2) is 18.6 Å². The van der Waals surface area contributed by atoms with E-state index < -0.39 is 0 Å². The van der Waals surface area contributed by atoms with Crippen molar-refractivity contribution in [1.82, 2.24) is 0 Å². The molecule has 3 N–H and O–H groups in total. The molecule has 1 aliphatic rings. The van der Waals surface area contributed by atoms with Gasteiger partial charge in [-0.2, -0.15) is 0 Å². The van der Waals surface area contributed by atoms with Crippen LogP contribution in [0.4, 0.5) is 5.69 Å². The van der Waals surface area contributed by atoms with Crippen LogP contribution in [-0.2, 0) is 4.79 Å². The minimum Gasteiger partial charge on any atom is -0.491 e. The quantitative estimate of drug-likeness (QED) is 0.845. The van der Waals surface area contributed by atoms with E-state index in [0.29, 0.717) is 13.0 Å². The molecule has 4 heteroatoms. The number of nitrogens with two attached hydrogens (primary N) is 1. The number of rotatable bonds is 6. The fraction of sp³-hybridized carbons (Fsp3) is 0.588. The van der Waals surface area contributed by atoms with Gasteiger partial charge in [-0.1, -0.05) is 6.42 Å². The largest absolute Gasteiger partial charge is 0.491 e. The first kappa shape index (κ1) is 15.8. The highest BCUT2D eigenvalue weighted by Gasteiger charge is 2.37. The minimum absolute atomic E-state index is 0.0404. The molecule has 0 spiro atoms. The molecule has 116 valence electrons. The van der Waals surface area contributed by atoms with Crippen molar-refractivity contribution in [3.05, 3.63) is 23.8 Å². The van der Waals surface area contributed by atoms with Crippen LogP contribution >= 0.6 is 0 Å². The Morgan fingerprint density at radius 3 is 2.62 bits per heavy atom. The van der Waals surface area contributed by atoms with Crippen molar-refractivity contribution >= 4 is 11.6 Å². The standard InChI is InChI=1S/C17H26N2O2/c1-12(2)21-14-5-6-15(13(3)9-14)19-16(20)10-17(11-18)7-4-8-17/h5-6,9,12H,4,7-8,10-11,18H2,1-3H3,(H,19,20). The highest BCUT2D eigenvalue weighted by molar-refractivity contribution is 5.92. The van der Waals surface area contributed by atoms with Crippen LogP contribution in [0.5, 0.6) is 5.75 Å². The van der Waals surface area contributed by atoms with Gasteiger partial charge in [0.25, 0.3) is 0 Å². The van der Waals surface area contributed by atoms with E-state index in [1.807, 2.05) is 39.0 Å². The van der Waals surface area contributed by atoms with E-state index in [1.54, 1.807) is 0 Å². The average Bonchev–Trinajstić information content (AvgIpc) is 2.36. The van der Waals surface area contributed by atoms with Crippen LogP contribution < -0.4 is 15.8 Å². The van der Waals surface area contributed by atoms with E-state index in [-0.39, 0.29) is 17.4 Å².